The van der Waals surface area contributed by atoms with Crippen LogP contribution in [0.3, 0.4) is 0 Å². The molecule has 2 nitrogen and oxygen atoms in total. The molecular weight excluding hydrogens is 220 g/mol. The average Bonchev–Trinajstić information content (AvgIpc) is 2.26. The quantitative estimate of drug-likeness (QED) is 0.885. The van der Waals surface area contributed by atoms with Gasteiger partial charge in [0.2, 0.25) is 0 Å². The van der Waals surface area contributed by atoms with Crippen LogP contribution in [0.4, 0.5) is 5.69 Å². The van der Waals surface area contributed by atoms with Gasteiger partial charge in [-0.15, -0.1) is 0 Å². The molecule has 0 radical (unpaired) electrons. The van der Waals surface area contributed by atoms with Gasteiger partial charge in [-0.1, -0.05) is 38.5 Å². The van der Waals surface area contributed by atoms with Gasteiger partial charge < -0.3 is 10.6 Å². The Hall–Kier alpha value is -1.02. The van der Waals surface area contributed by atoms with E-state index in [2.05, 4.69) is 64.8 Å². The lowest BCUT2D eigenvalue weighted by atomic mass is 9.86. The van der Waals surface area contributed by atoms with Crippen molar-refractivity contribution in [1.29, 1.82) is 0 Å². The van der Waals surface area contributed by atoms with Gasteiger partial charge in [0.05, 0.1) is 0 Å². The summed E-state index contributed by atoms with van der Waals surface area (Å²) < 4.78 is 0. The van der Waals surface area contributed by atoms with Crippen LogP contribution in [0.2, 0.25) is 0 Å². The minimum atomic E-state index is 0.264. The number of benzene rings is 1. The molecule has 1 atom stereocenters. The van der Waals surface area contributed by atoms with Crippen LogP contribution in [-0.4, -0.2) is 19.6 Å². The third-order valence-electron chi connectivity index (χ3n) is 3.86. The lowest BCUT2D eigenvalue weighted by Crippen LogP contribution is -2.39. The maximum atomic E-state index is 5.72. The fraction of sp³-hybridized carbons (Fsp3) is 0.625. The van der Waals surface area contributed by atoms with Crippen LogP contribution in [0.5, 0.6) is 0 Å². The summed E-state index contributed by atoms with van der Waals surface area (Å²) >= 11 is 0. The fourth-order valence-electron chi connectivity index (χ4n) is 2.20. The number of hydrogen-bond donors (Lipinski definition) is 1. The number of anilines is 1. The molecule has 0 aromatic heterocycles. The Kier molecular flexibility index (Phi) is 4.80. The van der Waals surface area contributed by atoms with E-state index in [1.807, 2.05) is 0 Å². The fourth-order valence-corrected chi connectivity index (χ4v) is 2.20. The second-order valence-corrected chi connectivity index (χ2v) is 6.32. The van der Waals surface area contributed by atoms with E-state index in [0.29, 0.717) is 12.6 Å². The van der Waals surface area contributed by atoms with Crippen molar-refractivity contribution in [1.82, 2.24) is 0 Å². The number of aryl methyl sites for hydroxylation is 1. The predicted molar refractivity (Wildman–Crippen MR) is 81.3 cm³/mol. The predicted octanol–water partition coefficient (Wildman–Crippen LogP) is 3.37. The van der Waals surface area contributed by atoms with E-state index in [9.17, 15) is 0 Å². The molecule has 0 aliphatic rings. The van der Waals surface area contributed by atoms with Crippen LogP contribution in [0.25, 0.3) is 0 Å². The molecule has 0 heterocycles. The van der Waals surface area contributed by atoms with E-state index < -0.39 is 0 Å². The number of nitrogens with zero attached hydrogens (tertiary/aromatic N) is 1. The molecule has 1 aromatic rings. The van der Waals surface area contributed by atoms with Crippen molar-refractivity contribution >= 4 is 5.69 Å². The zero-order chi connectivity index (χ0) is 13.9. The summed E-state index contributed by atoms with van der Waals surface area (Å²) in [6.07, 6.45) is 0.943. The smallest absolute Gasteiger partial charge is 0.0399 e. The van der Waals surface area contributed by atoms with E-state index in [0.717, 1.165) is 6.42 Å². The Morgan fingerprint density at radius 1 is 1.28 bits per heavy atom. The maximum Gasteiger partial charge on any atom is 0.0399 e. The van der Waals surface area contributed by atoms with Gasteiger partial charge in [-0.05, 0) is 43.9 Å². The standard InChI is InChI=1S/C16H28N2/c1-12-7-8-15(14(11-12)9-10-17)18(6)13(2)16(3,4)5/h7-8,11,13H,9-10,17H2,1-6H3. The summed E-state index contributed by atoms with van der Waals surface area (Å²) in [4.78, 5) is 2.38. The number of nitrogens with two attached hydrogens (primary N) is 1. The second-order valence-electron chi connectivity index (χ2n) is 6.32. The number of rotatable bonds is 4. The molecule has 1 aromatic carbocycles. The molecule has 0 fully saturated rings. The first-order chi connectivity index (χ1) is 8.27. The molecule has 102 valence electrons. The molecule has 2 heteroatoms. The lowest BCUT2D eigenvalue weighted by molar-refractivity contribution is 0.329. The third kappa shape index (κ3) is 3.49. The summed E-state index contributed by atoms with van der Waals surface area (Å²) in [5.74, 6) is 0. The highest BCUT2D eigenvalue weighted by Crippen LogP contribution is 2.30. The summed E-state index contributed by atoms with van der Waals surface area (Å²) in [7, 11) is 2.18. The molecule has 0 amide bonds. The molecule has 0 spiro atoms. The molecule has 1 unspecified atom stereocenters. The Morgan fingerprint density at radius 2 is 1.89 bits per heavy atom. The van der Waals surface area contributed by atoms with Gasteiger partial charge >= 0.3 is 0 Å². The van der Waals surface area contributed by atoms with Gasteiger partial charge in [0, 0.05) is 18.8 Å². The van der Waals surface area contributed by atoms with Gasteiger partial charge in [0.1, 0.15) is 0 Å². The summed E-state index contributed by atoms with van der Waals surface area (Å²) in [6, 6.07) is 7.15. The van der Waals surface area contributed by atoms with E-state index in [-0.39, 0.29) is 5.41 Å². The van der Waals surface area contributed by atoms with Crippen molar-refractivity contribution in [2.75, 3.05) is 18.5 Å². The Morgan fingerprint density at radius 3 is 2.39 bits per heavy atom. The largest absolute Gasteiger partial charge is 0.371 e. The topological polar surface area (TPSA) is 29.3 Å². The Balaban J connectivity index is 3.08. The zero-order valence-corrected chi connectivity index (χ0v) is 12.7. The average molecular weight is 248 g/mol. The minimum Gasteiger partial charge on any atom is -0.371 e. The molecule has 2 N–H and O–H groups in total. The molecule has 0 saturated heterocycles. The summed E-state index contributed by atoms with van der Waals surface area (Å²) in [6.45, 7) is 12.0. The van der Waals surface area contributed by atoms with Crippen molar-refractivity contribution in [2.45, 2.75) is 47.1 Å². The van der Waals surface area contributed by atoms with E-state index >= 15 is 0 Å². The lowest BCUT2D eigenvalue weighted by Gasteiger charge is -2.38. The third-order valence-corrected chi connectivity index (χ3v) is 3.86. The van der Waals surface area contributed by atoms with Crippen LogP contribution in [0, 0.1) is 12.3 Å². The summed E-state index contributed by atoms with van der Waals surface area (Å²) in [5.41, 5.74) is 9.96. The highest BCUT2D eigenvalue weighted by molar-refractivity contribution is 5.55. The first-order valence-corrected chi connectivity index (χ1v) is 6.79. The first-order valence-electron chi connectivity index (χ1n) is 6.79. The van der Waals surface area contributed by atoms with Crippen molar-refractivity contribution < 1.29 is 0 Å². The normalized spacial score (nSPS) is 13.5. The summed E-state index contributed by atoms with van der Waals surface area (Å²) in [5, 5.41) is 0. The monoisotopic (exact) mass is 248 g/mol. The van der Waals surface area contributed by atoms with Gasteiger partial charge in [-0.25, -0.2) is 0 Å². The van der Waals surface area contributed by atoms with Crippen molar-refractivity contribution in [3.63, 3.8) is 0 Å². The van der Waals surface area contributed by atoms with Crippen LogP contribution in [0.15, 0.2) is 18.2 Å². The van der Waals surface area contributed by atoms with Crippen LogP contribution >= 0.6 is 0 Å². The first kappa shape index (κ1) is 15.0. The zero-order valence-electron chi connectivity index (χ0n) is 12.7. The SMILES string of the molecule is Cc1ccc(N(C)C(C)C(C)(C)C)c(CCN)c1. The van der Waals surface area contributed by atoms with E-state index in [1.165, 1.54) is 16.8 Å². The van der Waals surface area contributed by atoms with E-state index in [4.69, 9.17) is 5.73 Å². The Labute approximate surface area is 112 Å². The minimum absolute atomic E-state index is 0.264. The van der Waals surface area contributed by atoms with Crippen molar-refractivity contribution in [3.05, 3.63) is 29.3 Å². The highest BCUT2D eigenvalue weighted by Gasteiger charge is 2.25. The molecule has 0 bridgehead atoms. The van der Waals surface area contributed by atoms with Crippen LogP contribution in [-0.2, 0) is 6.42 Å². The molecule has 0 aliphatic carbocycles. The van der Waals surface area contributed by atoms with Gasteiger partial charge in [-0.2, -0.15) is 0 Å². The molecule has 0 aliphatic heterocycles. The van der Waals surface area contributed by atoms with Gasteiger partial charge in [0.15, 0.2) is 0 Å². The molecule has 1 rings (SSSR count). The van der Waals surface area contributed by atoms with Crippen molar-refractivity contribution in [3.8, 4) is 0 Å². The molecule has 0 saturated carbocycles. The maximum absolute atomic E-state index is 5.72. The highest BCUT2D eigenvalue weighted by atomic mass is 15.1. The molecular formula is C16H28N2. The van der Waals surface area contributed by atoms with Gasteiger partial charge in [-0.3, -0.25) is 0 Å². The molecule has 18 heavy (non-hydrogen) atoms. The van der Waals surface area contributed by atoms with Crippen molar-refractivity contribution in [2.24, 2.45) is 11.1 Å². The van der Waals surface area contributed by atoms with Gasteiger partial charge in [0.25, 0.3) is 0 Å². The second kappa shape index (κ2) is 5.75. The van der Waals surface area contributed by atoms with Crippen LogP contribution < -0.4 is 10.6 Å². The van der Waals surface area contributed by atoms with Crippen LogP contribution in [0.1, 0.15) is 38.8 Å². The Bertz CT molecular complexity index is 391. The number of hydrogen-bond acceptors (Lipinski definition) is 2. The van der Waals surface area contributed by atoms with E-state index in [1.54, 1.807) is 0 Å².